The first-order valence-electron chi connectivity index (χ1n) is 10.0. The zero-order valence-electron chi connectivity index (χ0n) is 17.6. The van der Waals surface area contributed by atoms with Gasteiger partial charge in [-0.05, 0) is 32.2 Å². The van der Waals surface area contributed by atoms with Gasteiger partial charge in [-0.1, -0.05) is 30.0 Å². The van der Waals surface area contributed by atoms with E-state index in [4.69, 9.17) is 0 Å². The second kappa shape index (κ2) is 8.87. The number of carbonyl (C=O) groups excluding carboxylic acids is 1. The zero-order valence-corrected chi connectivity index (χ0v) is 18.4. The first-order chi connectivity index (χ1) is 14.5. The molecule has 4 rings (SSSR count). The van der Waals surface area contributed by atoms with Crippen molar-refractivity contribution in [1.29, 1.82) is 0 Å². The van der Waals surface area contributed by atoms with Gasteiger partial charge in [0, 0.05) is 61.1 Å². The van der Waals surface area contributed by atoms with Crippen LogP contribution in [0.4, 0.5) is 5.69 Å². The van der Waals surface area contributed by atoms with Crippen LogP contribution in [0.15, 0.2) is 47.9 Å². The number of piperazine rings is 1. The summed E-state index contributed by atoms with van der Waals surface area (Å²) in [5.41, 5.74) is 5.24. The molecule has 3 heterocycles. The van der Waals surface area contributed by atoms with E-state index >= 15 is 0 Å². The van der Waals surface area contributed by atoms with Gasteiger partial charge in [0.2, 0.25) is 5.91 Å². The van der Waals surface area contributed by atoms with Gasteiger partial charge < -0.3 is 9.80 Å². The van der Waals surface area contributed by atoms with Crippen LogP contribution >= 0.6 is 11.8 Å². The summed E-state index contributed by atoms with van der Waals surface area (Å²) >= 11 is 1.53. The second-order valence-corrected chi connectivity index (χ2v) is 8.20. The van der Waals surface area contributed by atoms with Gasteiger partial charge in [-0.2, -0.15) is 5.10 Å². The molecule has 2 aromatic heterocycles. The van der Waals surface area contributed by atoms with Crippen molar-refractivity contribution < 1.29 is 4.79 Å². The minimum atomic E-state index is 0.121. The highest BCUT2D eigenvalue weighted by Crippen LogP contribution is 2.31. The third-order valence-electron chi connectivity index (χ3n) is 5.39. The Bertz CT molecular complexity index is 1020. The first kappa shape index (κ1) is 20.4. The predicted octanol–water partition coefficient (Wildman–Crippen LogP) is 3.03. The summed E-state index contributed by atoms with van der Waals surface area (Å²) < 4.78 is 1.79. The van der Waals surface area contributed by atoms with Gasteiger partial charge in [0.05, 0.1) is 5.69 Å². The molecule has 0 N–H and O–H groups in total. The number of amides is 1. The van der Waals surface area contributed by atoms with E-state index < -0.39 is 0 Å². The van der Waals surface area contributed by atoms with Crippen molar-refractivity contribution in [2.75, 3.05) is 37.3 Å². The van der Waals surface area contributed by atoms with E-state index in [1.54, 1.807) is 4.68 Å². The van der Waals surface area contributed by atoms with Crippen molar-refractivity contribution >= 4 is 23.4 Å². The maximum Gasteiger partial charge on any atom is 0.244 e. The van der Waals surface area contributed by atoms with Crippen LogP contribution in [-0.4, -0.2) is 63.0 Å². The van der Waals surface area contributed by atoms with Crippen LogP contribution < -0.4 is 4.90 Å². The van der Waals surface area contributed by atoms with Crippen LogP contribution in [0.2, 0.25) is 0 Å². The normalized spacial score (nSPS) is 14.2. The fourth-order valence-electron chi connectivity index (χ4n) is 3.81. The minimum absolute atomic E-state index is 0.121. The molecule has 0 radical (unpaired) electrons. The molecule has 1 aromatic carbocycles. The monoisotopic (exact) mass is 422 g/mol. The van der Waals surface area contributed by atoms with E-state index in [2.05, 4.69) is 38.2 Å². The molecule has 1 fully saturated rings. The quantitative estimate of drug-likeness (QED) is 0.465. The summed E-state index contributed by atoms with van der Waals surface area (Å²) in [4.78, 5) is 25.9. The Kier molecular flexibility index (Phi) is 6.03. The highest BCUT2D eigenvalue weighted by Gasteiger charge is 2.23. The first-order valence-corrected chi connectivity index (χ1v) is 11.3. The number of benzene rings is 1. The van der Waals surface area contributed by atoms with Gasteiger partial charge in [-0.15, -0.1) is 0 Å². The van der Waals surface area contributed by atoms with E-state index in [0.29, 0.717) is 19.6 Å². The maximum atomic E-state index is 12.7. The lowest BCUT2D eigenvalue weighted by atomic mass is 10.1. The number of rotatable bonds is 5. The van der Waals surface area contributed by atoms with Crippen LogP contribution in [0.5, 0.6) is 0 Å². The van der Waals surface area contributed by atoms with Gasteiger partial charge in [-0.25, -0.2) is 9.97 Å². The molecule has 1 aliphatic rings. The summed E-state index contributed by atoms with van der Waals surface area (Å²) in [7, 11) is 0. The molecule has 1 aliphatic heterocycles. The number of hydrogen-bond acceptors (Lipinski definition) is 6. The predicted molar refractivity (Wildman–Crippen MR) is 120 cm³/mol. The lowest BCUT2D eigenvalue weighted by molar-refractivity contribution is -0.132. The maximum absolute atomic E-state index is 12.7. The van der Waals surface area contributed by atoms with Crippen molar-refractivity contribution in [1.82, 2.24) is 24.6 Å². The number of hydrogen-bond donors (Lipinski definition) is 0. The molecule has 156 valence electrons. The molecule has 0 saturated carbocycles. The van der Waals surface area contributed by atoms with Gasteiger partial charge in [0.15, 0.2) is 5.16 Å². The molecule has 30 heavy (non-hydrogen) atoms. The molecule has 3 aromatic rings. The van der Waals surface area contributed by atoms with Crippen LogP contribution in [0.1, 0.15) is 11.4 Å². The van der Waals surface area contributed by atoms with Gasteiger partial charge in [-0.3, -0.25) is 9.48 Å². The Balaban J connectivity index is 1.44. The Morgan fingerprint density at radius 2 is 1.77 bits per heavy atom. The second-order valence-electron chi connectivity index (χ2n) is 7.43. The Labute approximate surface area is 181 Å². The number of anilines is 1. The number of aromatic nitrogens is 4. The minimum Gasteiger partial charge on any atom is -0.367 e. The van der Waals surface area contributed by atoms with E-state index in [1.807, 2.05) is 49.5 Å². The molecule has 0 bridgehead atoms. The third kappa shape index (κ3) is 4.33. The Morgan fingerprint density at radius 3 is 2.40 bits per heavy atom. The average Bonchev–Trinajstić information content (AvgIpc) is 3.10. The molecule has 0 aliphatic carbocycles. The van der Waals surface area contributed by atoms with Crippen LogP contribution in [0.3, 0.4) is 0 Å². The summed E-state index contributed by atoms with van der Waals surface area (Å²) in [5.74, 6) is 0.121. The standard InChI is InChI=1S/C22H26N6OS/c1-16-12-17(2)28(25-16)15-21(29)27-10-8-26(9-11-27)20-7-5-4-6-19(20)18-13-23-22(30-3)24-14-18/h4-7,12-14H,8-11,15H2,1-3H3. The highest BCUT2D eigenvalue weighted by molar-refractivity contribution is 7.98. The van der Waals surface area contributed by atoms with E-state index in [1.165, 1.54) is 11.8 Å². The Hall–Kier alpha value is -2.87. The SMILES string of the molecule is CSc1ncc(-c2ccccc2N2CCN(C(=O)Cn3nc(C)cc3C)CC2)cn1. The number of thioether (sulfide) groups is 1. The molecular formula is C22H26N6OS. The number of carbonyl (C=O) groups is 1. The fraction of sp³-hybridized carbons (Fsp3) is 0.364. The number of nitrogens with zero attached hydrogens (tertiary/aromatic N) is 6. The van der Waals surface area contributed by atoms with Crippen molar-refractivity contribution in [3.63, 3.8) is 0 Å². The van der Waals surface area contributed by atoms with Crippen molar-refractivity contribution in [3.05, 3.63) is 54.1 Å². The van der Waals surface area contributed by atoms with Crippen molar-refractivity contribution in [2.45, 2.75) is 25.5 Å². The highest BCUT2D eigenvalue weighted by atomic mass is 32.2. The summed E-state index contributed by atoms with van der Waals surface area (Å²) in [5, 5.41) is 5.18. The van der Waals surface area contributed by atoms with E-state index in [0.717, 1.165) is 46.4 Å². The van der Waals surface area contributed by atoms with Gasteiger partial charge in [0.25, 0.3) is 0 Å². The van der Waals surface area contributed by atoms with Crippen LogP contribution in [0.25, 0.3) is 11.1 Å². The van der Waals surface area contributed by atoms with Crippen LogP contribution in [0, 0.1) is 13.8 Å². The smallest absolute Gasteiger partial charge is 0.244 e. The molecule has 1 saturated heterocycles. The molecule has 8 heteroatoms. The molecule has 0 spiro atoms. The average molecular weight is 423 g/mol. The van der Waals surface area contributed by atoms with E-state index in [9.17, 15) is 4.79 Å². The van der Waals surface area contributed by atoms with Crippen molar-refractivity contribution in [3.8, 4) is 11.1 Å². The largest absolute Gasteiger partial charge is 0.367 e. The van der Waals surface area contributed by atoms with Crippen molar-refractivity contribution in [2.24, 2.45) is 0 Å². The summed E-state index contributed by atoms with van der Waals surface area (Å²) in [6.45, 7) is 7.23. The van der Waals surface area contributed by atoms with Gasteiger partial charge >= 0.3 is 0 Å². The number of para-hydroxylation sites is 1. The molecular weight excluding hydrogens is 396 g/mol. The Morgan fingerprint density at radius 1 is 1.07 bits per heavy atom. The lowest BCUT2D eigenvalue weighted by Crippen LogP contribution is -2.49. The molecule has 1 amide bonds. The lowest BCUT2D eigenvalue weighted by Gasteiger charge is -2.37. The van der Waals surface area contributed by atoms with Crippen LogP contribution in [-0.2, 0) is 11.3 Å². The van der Waals surface area contributed by atoms with E-state index in [-0.39, 0.29) is 5.91 Å². The molecule has 0 unspecified atom stereocenters. The zero-order chi connectivity index (χ0) is 21.1. The molecule has 0 atom stereocenters. The summed E-state index contributed by atoms with van der Waals surface area (Å²) in [6.07, 6.45) is 5.73. The molecule has 7 nitrogen and oxygen atoms in total. The topological polar surface area (TPSA) is 67.2 Å². The third-order valence-corrected chi connectivity index (χ3v) is 5.96. The number of aryl methyl sites for hydroxylation is 2. The fourth-order valence-corrected chi connectivity index (χ4v) is 4.13. The van der Waals surface area contributed by atoms with Gasteiger partial charge in [0.1, 0.15) is 6.54 Å². The summed E-state index contributed by atoms with van der Waals surface area (Å²) in [6, 6.07) is 10.3.